The molecule has 1 heterocycles. The summed E-state index contributed by atoms with van der Waals surface area (Å²) >= 11 is 0. The second kappa shape index (κ2) is 4.04. The highest BCUT2D eigenvalue weighted by Gasteiger charge is 2.21. The van der Waals surface area contributed by atoms with Gasteiger partial charge in [-0.05, 0) is 25.2 Å². The van der Waals surface area contributed by atoms with Crippen LogP contribution in [-0.2, 0) is 6.42 Å². The van der Waals surface area contributed by atoms with Crippen molar-refractivity contribution in [2.45, 2.75) is 40.5 Å². The summed E-state index contributed by atoms with van der Waals surface area (Å²) in [6.07, 6.45) is 1.53. The van der Waals surface area contributed by atoms with Crippen LogP contribution in [0.25, 0.3) is 0 Å². The van der Waals surface area contributed by atoms with Gasteiger partial charge in [0, 0.05) is 0 Å². The fourth-order valence-corrected chi connectivity index (χ4v) is 1.36. The minimum Gasteiger partial charge on any atom is -0.477 e. The van der Waals surface area contributed by atoms with Gasteiger partial charge < -0.3 is 9.63 Å². The normalized spacial score (nSPS) is 11.7. The Bertz CT molecular complexity index is 360. The number of nitrogens with zero attached hydrogens (tertiary/aromatic N) is 1. The summed E-state index contributed by atoms with van der Waals surface area (Å²) in [5.41, 5.74) is 0.942. The maximum absolute atomic E-state index is 10.9. The van der Waals surface area contributed by atoms with Gasteiger partial charge in [0.25, 0.3) is 0 Å². The molecule has 1 aromatic rings. The molecule has 4 heteroatoms. The predicted octanol–water partition coefficient (Wildman–Crippen LogP) is 2.66. The van der Waals surface area contributed by atoms with Gasteiger partial charge in [0.15, 0.2) is 0 Å². The van der Waals surface area contributed by atoms with Gasteiger partial charge in [-0.2, -0.15) is 0 Å². The molecule has 1 N–H and O–H groups in total. The highest BCUT2D eigenvalue weighted by molar-refractivity contribution is 5.89. The first-order valence-corrected chi connectivity index (χ1v) is 5.00. The number of carboxylic acid groups (broad SMARTS) is 1. The van der Waals surface area contributed by atoms with Crippen molar-refractivity contribution < 1.29 is 14.4 Å². The van der Waals surface area contributed by atoms with Crippen molar-refractivity contribution in [3.05, 3.63) is 17.0 Å². The van der Waals surface area contributed by atoms with Crippen LogP contribution in [0.4, 0.5) is 0 Å². The first-order valence-electron chi connectivity index (χ1n) is 5.00. The standard InChI is InChI=1S/C11H17NO3/c1-7-9(10(13)14)8(12-15-7)5-6-11(2,3)4/h5-6H2,1-4H3,(H,13,14). The third-order valence-corrected chi connectivity index (χ3v) is 2.26. The summed E-state index contributed by atoms with van der Waals surface area (Å²) in [4.78, 5) is 10.9. The van der Waals surface area contributed by atoms with Crippen LogP contribution in [0, 0.1) is 12.3 Å². The molecule has 4 nitrogen and oxygen atoms in total. The van der Waals surface area contributed by atoms with Gasteiger partial charge in [0.2, 0.25) is 0 Å². The average Bonchev–Trinajstić information content (AvgIpc) is 2.42. The number of rotatable bonds is 3. The van der Waals surface area contributed by atoms with Crippen molar-refractivity contribution in [2.75, 3.05) is 0 Å². The van der Waals surface area contributed by atoms with E-state index in [-0.39, 0.29) is 11.0 Å². The van der Waals surface area contributed by atoms with Gasteiger partial charge in [0.05, 0.1) is 5.69 Å². The zero-order valence-corrected chi connectivity index (χ0v) is 9.63. The molecule has 0 unspecified atom stereocenters. The fraction of sp³-hybridized carbons (Fsp3) is 0.636. The van der Waals surface area contributed by atoms with Crippen LogP contribution >= 0.6 is 0 Å². The highest BCUT2D eigenvalue weighted by Crippen LogP contribution is 2.23. The first-order chi connectivity index (χ1) is 6.81. The number of hydrogen-bond acceptors (Lipinski definition) is 3. The summed E-state index contributed by atoms with van der Waals surface area (Å²) in [5, 5.41) is 12.7. The van der Waals surface area contributed by atoms with Gasteiger partial charge >= 0.3 is 5.97 Å². The molecular formula is C11H17NO3. The van der Waals surface area contributed by atoms with Gasteiger partial charge in [-0.1, -0.05) is 25.9 Å². The second-order valence-electron chi connectivity index (χ2n) is 4.93. The lowest BCUT2D eigenvalue weighted by Gasteiger charge is -2.16. The minimum atomic E-state index is -0.961. The summed E-state index contributed by atoms with van der Waals surface area (Å²) in [5.74, 6) is -0.580. The van der Waals surface area contributed by atoms with E-state index < -0.39 is 5.97 Å². The van der Waals surface area contributed by atoms with Gasteiger partial charge in [0.1, 0.15) is 11.3 Å². The van der Waals surface area contributed by atoms with Crippen LogP contribution in [-0.4, -0.2) is 16.2 Å². The Morgan fingerprint density at radius 3 is 2.53 bits per heavy atom. The van der Waals surface area contributed by atoms with E-state index in [9.17, 15) is 4.79 Å². The molecule has 1 rings (SSSR count). The Morgan fingerprint density at radius 2 is 2.07 bits per heavy atom. The van der Waals surface area contributed by atoms with E-state index in [0.29, 0.717) is 17.9 Å². The predicted molar refractivity (Wildman–Crippen MR) is 56.0 cm³/mol. The van der Waals surface area contributed by atoms with Gasteiger partial charge in [-0.15, -0.1) is 0 Å². The van der Waals surface area contributed by atoms with Crippen molar-refractivity contribution in [1.29, 1.82) is 0 Å². The van der Waals surface area contributed by atoms with E-state index in [1.807, 2.05) is 0 Å². The van der Waals surface area contributed by atoms with Gasteiger partial charge in [-0.3, -0.25) is 0 Å². The number of aromatic nitrogens is 1. The molecule has 0 bridgehead atoms. The Kier molecular flexibility index (Phi) is 3.17. The van der Waals surface area contributed by atoms with E-state index in [0.717, 1.165) is 6.42 Å². The minimum absolute atomic E-state index is 0.169. The Labute approximate surface area is 89.3 Å². The van der Waals surface area contributed by atoms with E-state index in [2.05, 4.69) is 25.9 Å². The molecule has 1 aromatic heterocycles. The molecule has 0 saturated carbocycles. The molecule has 0 atom stereocenters. The van der Waals surface area contributed by atoms with Crippen LogP contribution in [0.1, 0.15) is 49.0 Å². The molecule has 0 aliphatic rings. The average molecular weight is 211 g/mol. The lowest BCUT2D eigenvalue weighted by molar-refractivity contribution is 0.0693. The van der Waals surface area contributed by atoms with E-state index >= 15 is 0 Å². The Morgan fingerprint density at radius 1 is 1.47 bits per heavy atom. The highest BCUT2D eigenvalue weighted by atomic mass is 16.5. The molecule has 0 aliphatic carbocycles. The molecule has 0 fully saturated rings. The van der Waals surface area contributed by atoms with Crippen molar-refractivity contribution in [2.24, 2.45) is 5.41 Å². The van der Waals surface area contributed by atoms with Crippen LogP contribution < -0.4 is 0 Å². The lowest BCUT2D eigenvalue weighted by atomic mass is 9.89. The second-order valence-corrected chi connectivity index (χ2v) is 4.93. The first kappa shape index (κ1) is 11.8. The molecule has 84 valence electrons. The number of carboxylic acids is 1. The zero-order valence-electron chi connectivity index (χ0n) is 9.63. The molecule has 0 aromatic carbocycles. The third kappa shape index (κ3) is 3.08. The molecule has 15 heavy (non-hydrogen) atoms. The maximum Gasteiger partial charge on any atom is 0.341 e. The number of aromatic carboxylic acids is 1. The summed E-state index contributed by atoms with van der Waals surface area (Å²) < 4.78 is 4.89. The lowest BCUT2D eigenvalue weighted by Crippen LogP contribution is -2.09. The van der Waals surface area contributed by atoms with E-state index in [1.54, 1.807) is 6.92 Å². The zero-order chi connectivity index (χ0) is 11.6. The van der Waals surface area contributed by atoms with Crippen molar-refractivity contribution in [3.63, 3.8) is 0 Å². The monoisotopic (exact) mass is 211 g/mol. The van der Waals surface area contributed by atoms with Crippen molar-refractivity contribution in [1.82, 2.24) is 5.16 Å². The molecule has 0 aliphatic heterocycles. The summed E-state index contributed by atoms with van der Waals surface area (Å²) in [7, 11) is 0. The van der Waals surface area contributed by atoms with Crippen LogP contribution in [0.15, 0.2) is 4.52 Å². The SMILES string of the molecule is Cc1onc(CCC(C)(C)C)c1C(=O)O. The van der Waals surface area contributed by atoms with Crippen molar-refractivity contribution >= 4 is 5.97 Å². The van der Waals surface area contributed by atoms with Gasteiger partial charge in [-0.25, -0.2) is 4.79 Å². The fourth-order valence-electron chi connectivity index (χ4n) is 1.36. The molecule has 0 radical (unpaired) electrons. The van der Waals surface area contributed by atoms with Crippen LogP contribution in [0.5, 0.6) is 0 Å². The number of aryl methyl sites for hydroxylation is 2. The third-order valence-electron chi connectivity index (χ3n) is 2.26. The smallest absolute Gasteiger partial charge is 0.341 e. The largest absolute Gasteiger partial charge is 0.477 e. The summed E-state index contributed by atoms with van der Waals surface area (Å²) in [6.45, 7) is 7.96. The Balaban J connectivity index is 2.82. The number of carbonyl (C=O) groups is 1. The molecule has 0 spiro atoms. The molecule has 0 amide bonds. The number of hydrogen-bond donors (Lipinski definition) is 1. The van der Waals surface area contributed by atoms with Crippen LogP contribution in [0.3, 0.4) is 0 Å². The quantitative estimate of drug-likeness (QED) is 0.834. The molecular weight excluding hydrogens is 194 g/mol. The maximum atomic E-state index is 10.9. The molecule has 0 saturated heterocycles. The topological polar surface area (TPSA) is 63.3 Å². The Hall–Kier alpha value is -1.32. The van der Waals surface area contributed by atoms with E-state index in [4.69, 9.17) is 9.63 Å². The summed E-state index contributed by atoms with van der Waals surface area (Å²) in [6, 6.07) is 0. The van der Waals surface area contributed by atoms with Crippen molar-refractivity contribution in [3.8, 4) is 0 Å². The van der Waals surface area contributed by atoms with Crippen LogP contribution in [0.2, 0.25) is 0 Å². The van der Waals surface area contributed by atoms with E-state index in [1.165, 1.54) is 0 Å².